The molecule has 6 nitrogen and oxygen atoms in total. The van der Waals surface area contributed by atoms with Gasteiger partial charge in [-0.3, -0.25) is 4.79 Å². The van der Waals surface area contributed by atoms with Gasteiger partial charge in [0, 0.05) is 5.39 Å². The van der Waals surface area contributed by atoms with Crippen molar-refractivity contribution in [2.75, 3.05) is 13.2 Å². The van der Waals surface area contributed by atoms with E-state index in [0.717, 1.165) is 22.0 Å². The predicted octanol–water partition coefficient (Wildman–Crippen LogP) is 5.79. The largest absolute Gasteiger partial charge is 0.490 e. The molecule has 0 bridgehead atoms. The lowest BCUT2D eigenvalue weighted by atomic mass is 10.1. The van der Waals surface area contributed by atoms with Gasteiger partial charge in [0.1, 0.15) is 6.07 Å². The molecular formula is C24H18BrN3O3S. The zero-order chi connectivity index (χ0) is 22.5. The summed E-state index contributed by atoms with van der Waals surface area (Å²) >= 11 is 4.75. The van der Waals surface area contributed by atoms with Crippen LogP contribution < -0.4 is 14.8 Å². The monoisotopic (exact) mass is 507 g/mol. The SMILES string of the molecule is CCOc1cc(/C=C2\SC(=Nc3cccc4ccccc34)NC2=O)cc(Br)c1OCC#N. The van der Waals surface area contributed by atoms with E-state index in [-0.39, 0.29) is 12.5 Å². The van der Waals surface area contributed by atoms with Gasteiger partial charge in [0.15, 0.2) is 23.3 Å². The second-order valence-corrected chi connectivity index (χ2v) is 8.57. The molecule has 1 fully saturated rings. The maximum atomic E-state index is 12.6. The number of fused-ring (bicyclic) bond motifs is 1. The number of nitrogens with zero attached hydrogens (tertiary/aromatic N) is 2. The summed E-state index contributed by atoms with van der Waals surface area (Å²) < 4.78 is 11.8. The number of amidine groups is 1. The first-order valence-corrected chi connectivity index (χ1v) is 11.4. The molecule has 0 atom stereocenters. The van der Waals surface area contributed by atoms with Gasteiger partial charge in [-0.15, -0.1) is 0 Å². The van der Waals surface area contributed by atoms with Crippen molar-refractivity contribution in [3.8, 4) is 17.6 Å². The smallest absolute Gasteiger partial charge is 0.264 e. The molecule has 1 amide bonds. The van der Waals surface area contributed by atoms with Gasteiger partial charge >= 0.3 is 0 Å². The molecule has 1 saturated heterocycles. The van der Waals surface area contributed by atoms with Crippen molar-refractivity contribution >= 4 is 61.3 Å². The van der Waals surface area contributed by atoms with Crippen molar-refractivity contribution in [3.63, 3.8) is 0 Å². The first kappa shape index (κ1) is 21.9. The summed E-state index contributed by atoms with van der Waals surface area (Å²) in [4.78, 5) is 17.7. The van der Waals surface area contributed by atoms with Crippen molar-refractivity contribution in [1.82, 2.24) is 5.32 Å². The van der Waals surface area contributed by atoms with Crippen molar-refractivity contribution in [3.05, 3.63) is 69.5 Å². The van der Waals surface area contributed by atoms with E-state index in [1.54, 1.807) is 12.1 Å². The Bertz CT molecular complexity index is 1290. The molecule has 1 aliphatic heterocycles. The summed E-state index contributed by atoms with van der Waals surface area (Å²) in [5.41, 5.74) is 1.56. The van der Waals surface area contributed by atoms with E-state index in [1.807, 2.05) is 61.5 Å². The van der Waals surface area contributed by atoms with Gasteiger partial charge in [-0.2, -0.15) is 5.26 Å². The number of benzene rings is 3. The molecule has 1 aliphatic rings. The minimum absolute atomic E-state index is 0.0919. The van der Waals surface area contributed by atoms with Crippen molar-refractivity contribution in [2.45, 2.75) is 6.92 Å². The third-order valence-corrected chi connectivity index (χ3v) is 6.05. The minimum Gasteiger partial charge on any atom is -0.490 e. The van der Waals surface area contributed by atoms with E-state index in [4.69, 9.17) is 14.7 Å². The number of hydrogen-bond acceptors (Lipinski definition) is 6. The number of halogens is 1. The molecule has 0 saturated carbocycles. The molecule has 0 unspecified atom stereocenters. The van der Waals surface area contributed by atoms with Gasteiger partial charge in [-0.25, -0.2) is 4.99 Å². The number of carbonyl (C=O) groups excluding carboxylic acids is 1. The number of carbonyl (C=O) groups is 1. The highest BCUT2D eigenvalue weighted by atomic mass is 79.9. The molecule has 0 radical (unpaired) electrons. The average molecular weight is 508 g/mol. The lowest BCUT2D eigenvalue weighted by Crippen LogP contribution is -2.19. The molecule has 4 rings (SSSR count). The van der Waals surface area contributed by atoms with Gasteiger partial charge in [0.05, 0.1) is 21.7 Å². The highest BCUT2D eigenvalue weighted by molar-refractivity contribution is 9.10. The number of amides is 1. The van der Waals surface area contributed by atoms with Crippen LogP contribution in [0.2, 0.25) is 0 Å². The van der Waals surface area contributed by atoms with Crippen LogP contribution in [0.3, 0.4) is 0 Å². The lowest BCUT2D eigenvalue weighted by Gasteiger charge is -2.13. The van der Waals surface area contributed by atoms with Crippen LogP contribution in [0.4, 0.5) is 5.69 Å². The van der Waals surface area contributed by atoms with Crippen LogP contribution in [0.25, 0.3) is 16.8 Å². The highest BCUT2D eigenvalue weighted by Gasteiger charge is 2.24. The molecular weight excluding hydrogens is 490 g/mol. The highest BCUT2D eigenvalue weighted by Crippen LogP contribution is 2.38. The summed E-state index contributed by atoms with van der Waals surface area (Å²) in [6, 6.07) is 19.4. The summed E-state index contributed by atoms with van der Waals surface area (Å²) in [7, 11) is 0. The minimum atomic E-state index is -0.215. The Hall–Kier alpha value is -3.28. The standard InChI is InChI=1S/C24H18BrN3O3S/c1-2-30-20-13-15(12-18(25)22(20)31-11-10-26)14-21-23(29)28-24(32-21)27-19-9-5-7-16-6-3-4-8-17(16)19/h3-9,12-14H,2,11H2,1H3,(H,27,28,29)/b21-14-. The number of ether oxygens (including phenoxy) is 2. The summed E-state index contributed by atoms with van der Waals surface area (Å²) in [6.07, 6.45) is 1.77. The van der Waals surface area contributed by atoms with E-state index < -0.39 is 0 Å². The second kappa shape index (κ2) is 9.90. The summed E-state index contributed by atoms with van der Waals surface area (Å²) in [5.74, 6) is 0.738. The van der Waals surface area contributed by atoms with E-state index in [1.165, 1.54) is 11.8 Å². The summed E-state index contributed by atoms with van der Waals surface area (Å²) in [6.45, 7) is 2.21. The molecule has 0 aromatic heterocycles. The number of aliphatic imine (C=N–C) groups is 1. The molecule has 0 aliphatic carbocycles. The van der Waals surface area contributed by atoms with Crippen LogP contribution >= 0.6 is 27.7 Å². The molecule has 3 aromatic rings. The van der Waals surface area contributed by atoms with Crippen LogP contribution in [0.5, 0.6) is 11.5 Å². The molecule has 3 aromatic carbocycles. The topological polar surface area (TPSA) is 83.7 Å². The lowest BCUT2D eigenvalue weighted by molar-refractivity contribution is -0.115. The van der Waals surface area contributed by atoms with E-state index in [0.29, 0.717) is 32.7 Å². The first-order chi connectivity index (χ1) is 15.6. The number of rotatable bonds is 6. The van der Waals surface area contributed by atoms with Crippen LogP contribution in [-0.2, 0) is 4.79 Å². The van der Waals surface area contributed by atoms with Crippen LogP contribution in [0.15, 0.2) is 69.0 Å². The van der Waals surface area contributed by atoms with Crippen LogP contribution in [0.1, 0.15) is 12.5 Å². The van der Waals surface area contributed by atoms with Crippen molar-refractivity contribution in [1.29, 1.82) is 5.26 Å². The van der Waals surface area contributed by atoms with E-state index >= 15 is 0 Å². The molecule has 32 heavy (non-hydrogen) atoms. The Morgan fingerprint density at radius 2 is 2.00 bits per heavy atom. The Morgan fingerprint density at radius 1 is 1.19 bits per heavy atom. The Balaban J connectivity index is 1.63. The van der Waals surface area contributed by atoms with Crippen molar-refractivity contribution in [2.24, 2.45) is 4.99 Å². The molecule has 1 heterocycles. The van der Waals surface area contributed by atoms with Gasteiger partial charge in [0.25, 0.3) is 5.91 Å². The fraction of sp³-hybridized carbons (Fsp3) is 0.125. The van der Waals surface area contributed by atoms with E-state index in [9.17, 15) is 4.79 Å². The number of nitriles is 1. The number of nitrogens with one attached hydrogen (secondary N) is 1. The van der Waals surface area contributed by atoms with Gasteiger partial charge in [-0.1, -0.05) is 36.4 Å². The zero-order valence-corrected chi connectivity index (χ0v) is 19.5. The van der Waals surface area contributed by atoms with Gasteiger partial charge in [0.2, 0.25) is 0 Å². The van der Waals surface area contributed by atoms with Gasteiger partial charge in [-0.05, 0) is 69.8 Å². The quantitative estimate of drug-likeness (QED) is 0.426. The molecule has 0 spiro atoms. The van der Waals surface area contributed by atoms with Crippen molar-refractivity contribution < 1.29 is 14.3 Å². The molecule has 8 heteroatoms. The van der Waals surface area contributed by atoms with Crippen LogP contribution in [0, 0.1) is 11.3 Å². The number of hydrogen-bond donors (Lipinski definition) is 1. The summed E-state index contributed by atoms with van der Waals surface area (Å²) in [5, 5.41) is 14.3. The fourth-order valence-corrected chi connectivity index (χ4v) is 4.63. The van der Waals surface area contributed by atoms with Crippen LogP contribution in [-0.4, -0.2) is 24.3 Å². The zero-order valence-electron chi connectivity index (χ0n) is 17.1. The van der Waals surface area contributed by atoms with E-state index in [2.05, 4.69) is 26.2 Å². The fourth-order valence-electron chi connectivity index (χ4n) is 3.23. The first-order valence-electron chi connectivity index (χ1n) is 9.82. The second-order valence-electron chi connectivity index (χ2n) is 6.69. The normalized spacial score (nSPS) is 15.7. The Kier molecular flexibility index (Phi) is 6.78. The molecule has 1 N–H and O–H groups in total. The third-order valence-electron chi connectivity index (χ3n) is 4.55. The maximum Gasteiger partial charge on any atom is 0.264 e. The predicted molar refractivity (Wildman–Crippen MR) is 131 cm³/mol. The Morgan fingerprint density at radius 3 is 2.81 bits per heavy atom. The Labute approximate surface area is 198 Å². The third kappa shape index (κ3) is 4.79. The average Bonchev–Trinajstić information content (AvgIpc) is 3.12. The molecule has 160 valence electrons. The maximum absolute atomic E-state index is 12.6. The van der Waals surface area contributed by atoms with Gasteiger partial charge < -0.3 is 14.8 Å². The number of thioether (sulfide) groups is 1.